The fourth-order valence-electron chi connectivity index (χ4n) is 1.62. The summed E-state index contributed by atoms with van der Waals surface area (Å²) >= 11 is 0. The van der Waals surface area contributed by atoms with Crippen LogP contribution in [-0.2, 0) is 4.79 Å². The summed E-state index contributed by atoms with van der Waals surface area (Å²) in [4.78, 5) is 18.9. The van der Waals surface area contributed by atoms with Crippen molar-refractivity contribution in [3.05, 3.63) is 36.3 Å². The molecule has 21 heavy (non-hydrogen) atoms. The van der Waals surface area contributed by atoms with Gasteiger partial charge in [0.1, 0.15) is 0 Å². The fourth-order valence-corrected chi connectivity index (χ4v) is 1.62. The monoisotopic (exact) mass is 290 g/mol. The van der Waals surface area contributed by atoms with Gasteiger partial charge in [-0.25, -0.2) is 4.98 Å². The lowest BCUT2D eigenvalue weighted by atomic mass is 10.3. The third-order valence-corrected chi connectivity index (χ3v) is 2.45. The van der Waals surface area contributed by atoms with Crippen LogP contribution in [0.25, 0.3) is 0 Å². The highest BCUT2D eigenvalue weighted by Crippen LogP contribution is 2.29. The van der Waals surface area contributed by atoms with Crippen LogP contribution in [-0.4, -0.2) is 22.4 Å². The van der Waals surface area contributed by atoms with Crippen LogP contribution in [0.15, 0.2) is 30.5 Å². The molecule has 0 aliphatic heterocycles. The molecule has 1 aromatic heterocycles. The maximum absolute atomic E-state index is 13.7. The molecule has 2 aromatic rings. The van der Waals surface area contributed by atoms with E-state index in [1.807, 2.05) is 6.92 Å². The van der Waals surface area contributed by atoms with Crippen molar-refractivity contribution in [1.82, 2.24) is 9.97 Å². The lowest BCUT2D eigenvalue weighted by molar-refractivity contribution is -0.114. The zero-order chi connectivity index (χ0) is 15.2. The van der Waals surface area contributed by atoms with Crippen molar-refractivity contribution in [2.45, 2.75) is 13.8 Å². The second-order valence-corrected chi connectivity index (χ2v) is 4.16. The molecule has 0 atom stereocenters. The Hall–Kier alpha value is -2.70. The van der Waals surface area contributed by atoms with Crippen LogP contribution in [0.4, 0.5) is 16.0 Å². The van der Waals surface area contributed by atoms with Gasteiger partial charge in [-0.2, -0.15) is 9.37 Å². The lowest BCUT2D eigenvalue weighted by Gasteiger charge is -2.11. The van der Waals surface area contributed by atoms with E-state index in [0.717, 1.165) is 6.20 Å². The second-order valence-electron chi connectivity index (χ2n) is 4.16. The van der Waals surface area contributed by atoms with Gasteiger partial charge in [0.05, 0.1) is 11.9 Å². The smallest absolute Gasteiger partial charge is 0.260 e. The zero-order valence-corrected chi connectivity index (χ0v) is 11.7. The molecule has 0 saturated heterocycles. The molecule has 110 valence electrons. The van der Waals surface area contributed by atoms with E-state index in [4.69, 9.17) is 4.74 Å². The molecule has 1 heterocycles. The van der Waals surface area contributed by atoms with Gasteiger partial charge in [0.25, 0.3) is 5.88 Å². The number of nitrogens with one attached hydrogen (secondary N) is 2. The van der Waals surface area contributed by atoms with E-state index in [1.54, 1.807) is 24.3 Å². The van der Waals surface area contributed by atoms with Gasteiger partial charge in [-0.1, -0.05) is 12.1 Å². The molecule has 6 nitrogen and oxygen atoms in total. The maximum Gasteiger partial charge on any atom is 0.260 e. The summed E-state index contributed by atoms with van der Waals surface area (Å²) in [6.07, 6.45) is 1.03. The minimum absolute atomic E-state index is 0.209. The Labute approximate surface area is 121 Å². The highest BCUT2D eigenvalue weighted by Gasteiger charge is 2.12. The van der Waals surface area contributed by atoms with Gasteiger partial charge < -0.3 is 15.4 Å². The Balaban J connectivity index is 2.29. The van der Waals surface area contributed by atoms with Gasteiger partial charge in [-0.3, -0.25) is 4.79 Å². The van der Waals surface area contributed by atoms with Gasteiger partial charge in [-0.15, -0.1) is 0 Å². The van der Waals surface area contributed by atoms with Crippen LogP contribution in [0, 0.1) is 5.82 Å². The topological polar surface area (TPSA) is 76.1 Å². The van der Waals surface area contributed by atoms with Crippen LogP contribution in [0.5, 0.6) is 11.6 Å². The molecule has 0 bridgehead atoms. The summed E-state index contributed by atoms with van der Waals surface area (Å²) in [5, 5.41) is 5.48. The van der Waals surface area contributed by atoms with Crippen molar-refractivity contribution in [1.29, 1.82) is 0 Å². The average Bonchev–Trinajstić information content (AvgIpc) is 2.44. The molecule has 0 aliphatic rings. The number of aromatic nitrogens is 2. The normalized spacial score (nSPS) is 10.0. The van der Waals surface area contributed by atoms with Crippen molar-refractivity contribution in [2.24, 2.45) is 0 Å². The number of rotatable bonds is 5. The molecular formula is C14H15FN4O2. The van der Waals surface area contributed by atoms with Crippen molar-refractivity contribution in [3.8, 4) is 11.6 Å². The van der Waals surface area contributed by atoms with E-state index in [2.05, 4.69) is 20.6 Å². The number of benzene rings is 1. The zero-order valence-electron chi connectivity index (χ0n) is 11.7. The number of halogens is 1. The number of ether oxygens (including phenoxy) is 1. The number of anilines is 2. The quantitative estimate of drug-likeness (QED) is 0.885. The lowest BCUT2D eigenvalue weighted by Crippen LogP contribution is -2.08. The van der Waals surface area contributed by atoms with Crippen LogP contribution >= 0.6 is 0 Å². The van der Waals surface area contributed by atoms with E-state index in [0.29, 0.717) is 18.0 Å². The number of carbonyl (C=O) groups is 1. The molecule has 2 N–H and O–H groups in total. The van der Waals surface area contributed by atoms with Gasteiger partial charge in [-0.05, 0) is 19.1 Å². The Morgan fingerprint density at radius 3 is 2.86 bits per heavy atom. The summed E-state index contributed by atoms with van der Waals surface area (Å²) in [5.41, 5.74) is 0.438. The van der Waals surface area contributed by atoms with Crippen molar-refractivity contribution < 1.29 is 13.9 Å². The third kappa shape index (κ3) is 3.88. The van der Waals surface area contributed by atoms with Gasteiger partial charge in [0.2, 0.25) is 17.7 Å². The van der Waals surface area contributed by atoms with E-state index < -0.39 is 5.82 Å². The standard InChI is InChI=1S/C14H15FN4O2/c1-3-16-14-17-8-10(15)13(19-14)21-12-7-5-4-6-11(12)18-9(2)20/h4-8H,3H2,1-2H3,(H,18,20)(H,16,17,19). The summed E-state index contributed by atoms with van der Waals surface area (Å²) < 4.78 is 19.2. The molecule has 7 heteroatoms. The van der Waals surface area contributed by atoms with E-state index in [-0.39, 0.29) is 17.7 Å². The van der Waals surface area contributed by atoms with E-state index >= 15 is 0 Å². The van der Waals surface area contributed by atoms with Gasteiger partial charge >= 0.3 is 0 Å². The SMILES string of the molecule is CCNc1ncc(F)c(Oc2ccccc2NC(C)=O)n1. The fraction of sp³-hybridized carbons (Fsp3) is 0.214. The van der Waals surface area contributed by atoms with Gasteiger partial charge in [0, 0.05) is 13.5 Å². The number of para-hydroxylation sites is 2. The average molecular weight is 290 g/mol. The summed E-state index contributed by atoms with van der Waals surface area (Å²) in [6, 6.07) is 6.71. The van der Waals surface area contributed by atoms with Crippen LogP contribution in [0.2, 0.25) is 0 Å². The Morgan fingerprint density at radius 2 is 2.14 bits per heavy atom. The molecule has 1 aromatic carbocycles. The minimum Gasteiger partial charge on any atom is -0.434 e. The minimum atomic E-state index is -0.686. The third-order valence-electron chi connectivity index (χ3n) is 2.45. The Morgan fingerprint density at radius 1 is 1.38 bits per heavy atom. The predicted octanol–water partition coefficient (Wildman–Crippen LogP) is 2.80. The largest absolute Gasteiger partial charge is 0.434 e. The Bertz CT molecular complexity index is 649. The summed E-state index contributed by atoms with van der Waals surface area (Å²) in [7, 11) is 0. The van der Waals surface area contributed by atoms with Crippen molar-refractivity contribution in [2.75, 3.05) is 17.2 Å². The second kappa shape index (κ2) is 6.65. The first-order valence-corrected chi connectivity index (χ1v) is 6.41. The molecule has 1 amide bonds. The maximum atomic E-state index is 13.7. The molecule has 0 unspecified atom stereocenters. The van der Waals surface area contributed by atoms with Crippen LogP contribution in [0.3, 0.4) is 0 Å². The molecular weight excluding hydrogens is 275 g/mol. The Kier molecular flexibility index (Phi) is 4.65. The number of amides is 1. The summed E-state index contributed by atoms with van der Waals surface area (Å²) in [6.45, 7) is 3.86. The number of nitrogens with zero attached hydrogens (tertiary/aromatic N) is 2. The first-order chi connectivity index (χ1) is 10.1. The summed E-state index contributed by atoms with van der Waals surface area (Å²) in [5.74, 6) is -0.575. The highest BCUT2D eigenvalue weighted by atomic mass is 19.1. The molecule has 2 rings (SSSR count). The molecule has 0 radical (unpaired) electrons. The first kappa shape index (κ1) is 14.7. The van der Waals surface area contributed by atoms with Gasteiger partial charge in [0.15, 0.2) is 5.75 Å². The van der Waals surface area contributed by atoms with Crippen LogP contribution in [0.1, 0.15) is 13.8 Å². The van der Waals surface area contributed by atoms with Crippen LogP contribution < -0.4 is 15.4 Å². The highest BCUT2D eigenvalue weighted by molar-refractivity contribution is 5.90. The molecule has 0 spiro atoms. The number of hydrogen-bond acceptors (Lipinski definition) is 5. The van der Waals surface area contributed by atoms with E-state index in [1.165, 1.54) is 6.92 Å². The number of hydrogen-bond donors (Lipinski definition) is 2. The molecule has 0 fully saturated rings. The van der Waals surface area contributed by atoms with E-state index in [9.17, 15) is 9.18 Å². The predicted molar refractivity (Wildman–Crippen MR) is 77.0 cm³/mol. The number of carbonyl (C=O) groups excluding carboxylic acids is 1. The van der Waals surface area contributed by atoms with Crippen molar-refractivity contribution >= 4 is 17.5 Å². The molecule has 0 aliphatic carbocycles. The molecule has 0 saturated carbocycles. The first-order valence-electron chi connectivity index (χ1n) is 6.41. The van der Waals surface area contributed by atoms with Crippen molar-refractivity contribution in [3.63, 3.8) is 0 Å².